The number of thiocarbonyl (C=S) groups is 2. The lowest BCUT2D eigenvalue weighted by Gasteiger charge is -2.38. The predicted molar refractivity (Wildman–Crippen MR) is 130 cm³/mol. The fourth-order valence-electron chi connectivity index (χ4n) is 2.91. The summed E-state index contributed by atoms with van der Waals surface area (Å²) in [5.41, 5.74) is -6.05. The van der Waals surface area contributed by atoms with Crippen LogP contribution in [0, 0.1) is 0 Å². The molecule has 0 aliphatic carbocycles. The molecule has 0 radical (unpaired) electrons. The first-order valence-electron chi connectivity index (χ1n) is 9.24. The van der Waals surface area contributed by atoms with Crippen LogP contribution in [0.25, 0.3) is 0 Å². The van der Waals surface area contributed by atoms with Crippen molar-refractivity contribution < 1.29 is 26.3 Å². The molecule has 0 saturated carbocycles. The highest BCUT2D eigenvalue weighted by atomic mass is 32.2. The number of rotatable bonds is 4. The van der Waals surface area contributed by atoms with Gasteiger partial charge in [-0.05, 0) is 35.4 Å². The highest BCUT2D eigenvalue weighted by Gasteiger charge is 2.72. The first-order valence-corrected chi connectivity index (χ1v) is 11.7. The fourth-order valence-corrected chi connectivity index (χ4v) is 4.80. The molecule has 2 aromatic rings. The minimum absolute atomic E-state index is 0.421. The molecular weight excluding hydrogens is 523 g/mol. The standard InChI is InChI=1S/C21H20F6N2S4/c1-28(2)17(30)32-15-9-5-13(6-10-15)19(20(22,23)24,21(25,26)27)14-7-11-16(12-8-14)33-18(31)29(3)4/h5-12H,1-4H3. The minimum Gasteiger partial charge on any atom is -0.363 e. The van der Waals surface area contributed by atoms with Gasteiger partial charge in [-0.25, -0.2) is 0 Å². The van der Waals surface area contributed by atoms with Gasteiger partial charge in [0.25, 0.3) is 0 Å². The first kappa shape index (κ1) is 27.7. The van der Waals surface area contributed by atoms with E-state index in [4.69, 9.17) is 24.4 Å². The molecule has 0 N–H and O–H groups in total. The summed E-state index contributed by atoms with van der Waals surface area (Å²) < 4.78 is 86.6. The van der Waals surface area contributed by atoms with E-state index in [2.05, 4.69) is 0 Å². The number of halogens is 6. The second kappa shape index (κ2) is 10.4. The summed E-state index contributed by atoms with van der Waals surface area (Å²) in [5, 5.41) is 0. The lowest BCUT2D eigenvalue weighted by atomic mass is 9.73. The van der Waals surface area contributed by atoms with Gasteiger partial charge in [0, 0.05) is 38.0 Å². The van der Waals surface area contributed by atoms with E-state index in [1.807, 2.05) is 0 Å². The van der Waals surface area contributed by atoms with Crippen molar-refractivity contribution in [2.75, 3.05) is 28.2 Å². The lowest BCUT2D eigenvalue weighted by Crippen LogP contribution is -2.54. The summed E-state index contributed by atoms with van der Waals surface area (Å²) in [7, 11) is 6.76. The number of nitrogens with zero attached hydrogens (tertiary/aromatic N) is 2. The van der Waals surface area contributed by atoms with Crippen LogP contribution in [0.3, 0.4) is 0 Å². The van der Waals surface area contributed by atoms with Crippen molar-refractivity contribution >= 4 is 56.6 Å². The number of benzene rings is 2. The lowest BCUT2D eigenvalue weighted by molar-refractivity contribution is -0.288. The molecule has 0 aliphatic heterocycles. The molecule has 0 unspecified atom stereocenters. The average molecular weight is 543 g/mol. The Morgan fingerprint density at radius 2 is 0.879 bits per heavy atom. The van der Waals surface area contributed by atoms with Crippen LogP contribution in [0.4, 0.5) is 26.3 Å². The Kier molecular flexibility index (Phi) is 8.75. The van der Waals surface area contributed by atoms with Crippen molar-refractivity contribution in [3.63, 3.8) is 0 Å². The molecule has 33 heavy (non-hydrogen) atoms. The predicted octanol–water partition coefficient (Wildman–Crippen LogP) is 6.97. The van der Waals surface area contributed by atoms with Crippen LogP contribution >= 0.6 is 48.0 Å². The third kappa shape index (κ3) is 5.95. The molecule has 0 atom stereocenters. The molecule has 0 heterocycles. The van der Waals surface area contributed by atoms with Crippen molar-refractivity contribution in [2.45, 2.75) is 27.6 Å². The molecule has 0 fully saturated rings. The van der Waals surface area contributed by atoms with Crippen molar-refractivity contribution in [1.29, 1.82) is 0 Å². The van der Waals surface area contributed by atoms with E-state index in [1.54, 1.807) is 38.0 Å². The highest BCUT2D eigenvalue weighted by Crippen LogP contribution is 2.56. The number of hydrogen-bond donors (Lipinski definition) is 0. The van der Waals surface area contributed by atoms with Gasteiger partial charge in [0.1, 0.15) is 8.64 Å². The Labute approximate surface area is 207 Å². The summed E-state index contributed by atoms with van der Waals surface area (Å²) in [6, 6.07) is 8.25. The second-order valence-electron chi connectivity index (χ2n) is 7.32. The van der Waals surface area contributed by atoms with Crippen LogP contribution in [-0.2, 0) is 5.41 Å². The number of alkyl halides is 6. The third-order valence-electron chi connectivity index (χ3n) is 4.57. The van der Waals surface area contributed by atoms with Gasteiger partial charge in [0.05, 0.1) is 0 Å². The zero-order valence-corrected chi connectivity index (χ0v) is 21.2. The van der Waals surface area contributed by atoms with Gasteiger partial charge in [-0.2, -0.15) is 26.3 Å². The van der Waals surface area contributed by atoms with Gasteiger partial charge in [0.15, 0.2) is 0 Å². The van der Waals surface area contributed by atoms with Crippen LogP contribution in [-0.4, -0.2) is 59.0 Å². The maximum atomic E-state index is 14.3. The van der Waals surface area contributed by atoms with E-state index in [0.29, 0.717) is 18.4 Å². The summed E-state index contributed by atoms with van der Waals surface area (Å²) in [5.74, 6) is 0. The molecule has 0 saturated heterocycles. The molecule has 180 valence electrons. The van der Waals surface area contributed by atoms with E-state index in [-0.39, 0.29) is 0 Å². The van der Waals surface area contributed by atoms with Crippen LogP contribution in [0.2, 0.25) is 0 Å². The molecule has 12 heteroatoms. The third-order valence-corrected chi connectivity index (χ3v) is 7.89. The Hall–Kier alpha value is -1.50. The Morgan fingerprint density at radius 1 is 0.606 bits per heavy atom. The fraction of sp³-hybridized carbons (Fsp3) is 0.333. The normalized spacial score (nSPS) is 12.4. The molecule has 0 aromatic heterocycles. The van der Waals surface area contributed by atoms with E-state index >= 15 is 0 Å². The Morgan fingerprint density at radius 3 is 1.09 bits per heavy atom. The maximum absolute atomic E-state index is 14.3. The topological polar surface area (TPSA) is 6.48 Å². The largest absolute Gasteiger partial charge is 0.411 e. The van der Waals surface area contributed by atoms with Gasteiger partial charge < -0.3 is 9.80 Å². The van der Waals surface area contributed by atoms with Crippen molar-refractivity contribution in [2.24, 2.45) is 0 Å². The van der Waals surface area contributed by atoms with Gasteiger partial charge >= 0.3 is 12.4 Å². The van der Waals surface area contributed by atoms with Crippen LogP contribution in [0.15, 0.2) is 58.3 Å². The van der Waals surface area contributed by atoms with Crippen LogP contribution in [0.1, 0.15) is 11.1 Å². The summed E-state index contributed by atoms with van der Waals surface area (Å²) in [6.45, 7) is 0. The van der Waals surface area contributed by atoms with E-state index in [1.165, 1.54) is 24.3 Å². The zero-order valence-electron chi connectivity index (χ0n) is 17.9. The second-order valence-corrected chi connectivity index (χ2v) is 10.7. The average Bonchev–Trinajstić information content (AvgIpc) is 2.68. The summed E-state index contributed by atoms with van der Waals surface area (Å²) >= 11 is 12.4. The molecular formula is C21H20F6N2S4. The van der Waals surface area contributed by atoms with Crippen LogP contribution < -0.4 is 0 Å². The SMILES string of the molecule is CN(C)C(=S)Sc1ccc(C(c2ccc(SC(=S)N(C)C)cc2)(C(F)(F)F)C(F)(F)F)cc1. The first-order chi connectivity index (χ1) is 15.1. The zero-order chi connectivity index (χ0) is 25.2. The highest BCUT2D eigenvalue weighted by molar-refractivity contribution is 8.23. The van der Waals surface area contributed by atoms with Gasteiger partial charge in [-0.1, -0.05) is 72.2 Å². The Balaban J connectivity index is 2.59. The van der Waals surface area contributed by atoms with Gasteiger partial charge in [0.2, 0.25) is 5.41 Å². The van der Waals surface area contributed by atoms with E-state index < -0.39 is 28.9 Å². The van der Waals surface area contributed by atoms with Crippen LogP contribution in [0.5, 0.6) is 0 Å². The molecule has 2 rings (SSSR count). The van der Waals surface area contributed by atoms with Crippen molar-refractivity contribution in [3.05, 3.63) is 59.7 Å². The van der Waals surface area contributed by atoms with Crippen molar-refractivity contribution in [3.8, 4) is 0 Å². The minimum atomic E-state index is -5.65. The van der Waals surface area contributed by atoms with Gasteiger partial charge in [-0.15, -0.1) is 0 Å². The number of thioether (sulfide) groups is 2. The summed E-state index contributed by atoms with van der Waals surface area (Å²) in [6.07, 6.45) is -11.3. The Bertz CT molecular complexity index is 902. The monoisotopic (exact) mass is 542 g/mol. The molecule has 2 nitrogen and oxygen atoms in total. The van der Waals surface area contributed by atoms with Gasteiger partial charge in [-0.3, -0.25) is 0 Å². The van der Waals surface area contributed by atoms with E-state index in [9.17, 15) is 26.3 Å². The molecule has 0 amide bonds. The van der Waals surface area contributed by atoms with E-state index in [0.717, 1.165) is 47.8 Å². The molecule has 0 spiro atoms. The number of hydrogen-bond acceptors (Lipinski definition) is 4. The molecule has 0 bridgehead atoms. The quantitative estimate of drug-likeness (QED) is 0.232. The summed E-state index contributed by atoms with van der Waals surface area (Å²) in [4.78, 5) is 4.09. The van der Waals surface area contributed by atoms with Crippen molar-refractivity contribution in [1.82, 2.24) is 9.80 Å². The maximum Gasteiger partial charge on any atom is 0.411 e. The molecule has 0 aliphatic rings. The smallest absolute Gasteiger partial charge is 0.363 e. The molecule has 2 aromatic carbocycles.